The lowest BCUT2D eigenvalue weighted by Crippen LogP contribution is -2.07. The molecule has 0 aliphatic rings. The van der Waals surface area contributed by atoms with Crippen LogP contribution in [0.4, 0.5) is 8.78 Å². The molecule has 0 spiro atoms. The molecule has 0 amide bonds. The highest BCUT2D eigenvalue weighted by atomic mass is 19.1. The summed E-state index contributed by atoms with van der Waals surface area (Å²) in [6.45, 7) is 1.82. The van der Waals surface area contributed by atoms with Gasteiger partial charge in [0.2, 0.25) is 0 Å². The standard InChI is InChI=1S/C18H14F2N4O/c1-10-8-21-18(22-10)17(25)16-15(11-2-4-12(19)5-3-11)23-14-7-6-13(20)9-24(14)16/h2-9,17,25H,1H3,(H,21,22). The van der Waals surface area contributed by atoms with E-state index < -0.39 is 11.9 Å². The molecule has 4 rings (SSSR count). The van der Waals surface area contributed by atoms with Crippen molar-refractivity contribution in [1.82, 2.24) is 19.4 Å². The van der Waals surface area contributed by atoms with Gasteiger partial charge in [-0.05, 0) is 43.3 Å². The van der Waals surface area contributed by atoms with E-state index in [9.17, 15) is 13.9 Å². The summed E-state index contributed by atoms with van der Waals surface area (Å²) in [5.41, 5.74) is 2.67. The van der Waals surface area contributed by atoms with Crippen molar-refractivity contribution in [3.8, 4) is 11.3 Å². The van der Waals surface area contributed by atoms with E-state index in [4.69, 9.17) is 0 Å². The molecule has 0 bridgehead atoms. The molecular formula is C18H14F2N4O. The zero-order valence-corrected chi connectivity index (χ0v) is 13.2. The van der Waals surface area contributed by atoms with Crippen LogP contribution in [0.3, 0.4) is 0 Å². The number of aromatic amines is 1. The molecule has 7 heteroatoms. The smallest absolute Gasteiger partial charge is 0.154 e. The number of rotatable bonds is 3. The molecule has 3 heterocycles. The van der Waals surface area contributed by atoms with Crippen molar-refractivity contribution >= 4 is 5.65 Å². The number of hydrogen-bond donors (Lipinski definition) is 2. The van der Waals surface area contributed by atoms with Crippen molar-refractivity contribution in [3.63, 3.8) is 0 Å². The number of aliphatic hydroxyl groups excluding tert-OH is 1. The Labute approximate surface area is 141 Å². The highest BCUT2D eigenvalue weighted by molar-refractivity contribution is 5.67. The van der Waals surface area contributed by atoms with Gasteiger partial charge < -0.3 is 10.1 Å². The highest BCUT2D eigenvalue weighted by Gasteiger charge is 2.24. The predicted octanol–water partition coefficient (Wildman–Crippen LogP) is 3.39. The van der Waals surface area contributed by atoms with Gasteiger partial charge in [-0.1, -0.05) is 0 Å². The fourth-order valence-corrected chi connectivity index (χ4v) is 2.82. The maximum absolute atomic E-state index is 13.7. The fraction of sp³-hybridized carbons (Fsp3) is 0.111. The second-order valence-corrected chi connectivity index (χ2v) is 5.78. The maximum Gasteiger partial charge on any atom is 0.154 e. The van der Waals surface area contributed by atoms with Crippen molar-refractivity contribution in [3.05, 3.63) is 77.6 Å². The molecule has 0 aliphatic heterocycles. The van der Waals surface area contributed by atoms with E-state index in [1.165, 1.54) is 34.9 Å². The van der Waals surface area contributed by atoms with Gasteiger partial charge in [0.1, 0.15) is 23.1 Å². The van der Waals surface area contributed by atoms with Gasteiger partial charge in [-0.25, -0.2) is 18.7 Å². The Morgan fingerprint density at radius 3 is 2.48 bits per heavy atom. The Balaban J connectivity index is 1.97. The molecule has 0 aliphatic carbocycles. The molecule has 0 saturated carbocycles. The number of halogens is 2. The van der Waals surface area contributed by atoms with Crippen LogP contribution in [0.25, 0.3) is 16.9 Å². The summed E-state index contributed by atoms with van der Waals surface area (Å²) in [4.78, 5) is 11.6. The first kappa shape index (κ1) is 15.5. The average molecular weight is 340 g/mol. The minimum absolute atomic E-state index is 0.326. The molecule has 1 unspecified atom stereocenters. The first-order valence-electron chi connectivity index (χ1n) is 7.66. The van der Waals surface area contributed by atoms with E-state index >= 15 is 0 Å². The number of hydrogen-bond acceptors (Lipinski definition) is 3. The minimum Gasteiger partial charge on any atom is -0.379 e. The molecule has 25 heavy (non-hydrogen) atoms. The number of aryl methyl sites for hydroxylation is 1. The van der Waals surface area contributed by atoms with E-state index in [1.54, 1.807) is 18.3 Å². The zero-order valence-electron chi connectivity index (χ0n) is 13.2. The lowest BCUT2D eigenvalue weighted by atomic mass is 10.1. The van der Waals surface area contributed by atoms with Crippen LogP contribution in [-0.4, -0.2) is 24.5 Å². The first-order valence-corrected chi connectivity index (χ1v) is 7.66. The number of aromatic nitrogens is 4. The van der Waals surface area contributed by atoms with E-state index in [2.05, 4.69) is 15.0 Å². The van der Waals surface area contributed by atoms with Crippen molar-refractivity contribution in [2.24, 2.45) is 0 Å². The summed E-state index contributed by atoms with van der Waals surface area (Å²) in [5, 5.41) is 10.8. The third-order valence-corrected chi connectivity index (χ3v) is 3.98. The number of imidazole rings is 2. The number of nitrogens with zero attached hydrogens (tertiary/aromatic N) is 3. The van der Waals surface area contributed by atoms with Crippen LogP contribution in [0.2, 0.25) is 0 Å². The summed E-state index contributed by atoms with van der Waals surface area (Å²) < 4.78 is 28.5. The Bertz CT molecular complexity index is 1050. The summed E-state index contributed by atoms with van der Waals surface area (Å²) in [7, 11) is 0. The van der Waals surface area contributed by atoms with Gasteiger partial charge in [-0.3, -0.25) is 4.40 Å². The molecule has 4 aromatic rings. The van der Waals surface area contributed by atoms with Gasteiger partial charge in [-0.2, -0.15) is 0 Å². The maximum atomic E-state index is 13.7. The number of H-pyrrole nitrogens is 1. The molecule has 0 fully saturated rings. The third kappa shape index (κ3) is 2.68. The van der Waals surface area contributed by atoms with Crippen LogP contribution in [0, 0.1) is 18.6 Å². The molecule has 2 N–H and O–H groups in total. The quantitative estimate of drug-likeness (QED) is 0.601. The molecule has 1 atom stereocenters. The second kappa shape index (κ2) is 5.78. The molecular weight excluding hydrogens is 326 g/mol. The second-order valence-electron chi connectivity index (χ2n) is 5.78. The SMILES string of the molecule is Cc1cnc(C(O)c2c(-c3ccc(F)cc3)nc3ccc(F)cn23)[nH]1. The van der Waals surface area contributed by atoms with Crippen LogP contribution in [0.1, 0.15) is 23.3 Å². The van der Waals surface area contributed by atoms with E-state index in [0.29, 0.717) is 28.4 Å². The van der Waals surface area contributed by atoms with Gasteiger partial charge in [0, 0.05) is 23.7 Å². The topological polar surface area (TPSA) is 66.2 Å². The summed E-state index contributed by atoms with van der Waals surface area (Å²) in [5.74, 6) is -0.506. The van der Waals surface area contributed by atoms with Gasteiger partial charge in [0.05, 0.1) is 11.4 Å². The van der Waals surface area contributed by atoms with E-state index in [1.807, 2.05) is 6.92 Å². The molecule has 0 radical (unpaired) electrons. The molecule has 1 aromatic carbocycles. The largest absolute Gasteiger partial charge is 0.379 e. The number of nitrogens with one attached hydrogen (secondary N) is 1. The van der Waals surface area contributed by atoms with Crippen LogP contribution in [0.5, 0.6) is 0 Å². The van der Waals surface area contributed by atoms with Crippen molar-refractivity contribution in [1.29, 1.82) is 0 Å². The Kier molecular flexibility index (Phi) is 3.58. The highest BCUT2D eigenvalue weighted by Crippen LogP contribution is 2.31. The molecule has 3 aromatic heterocycles. The third-order valence-electron chi connectivity index (χ3n) is 3.98. The van der Waals surface area contributed by atoms with E-state index in [0.717, 1.165) is 5.69 Å². The number of aliphatic hydroxyl groups is 1. The predicted molar refractivity (Wildman–Crippen MR) is 87.9 cm³/mol. The van der Waals surface area contributed by atoms with E-state index in [-0.39, 0.29) is 5.82 Å². The van der Waals surface area contributed by atoms with Crippen molar-refractivity contribution < 1.29 is 13.9 Å². The Morgan fingerprint density at radius 2 is 1.80 bits per heavy atom. The summed E-state index contributed by atoms with van der Waals surface area (Å²) in [6, 6.07) is 8.57. The summed E-state index contributed by atoms with van der Waals surface area (Å²) in [6.07, 6.45) is 1.70. The lowest BCUT2D eigenvalue weighted by Gasteiger charge is -2.11. The summed E-state index contributed by atoms with van der Waals surface area (Å²) >= 11 is 0. The van der Waals surface area contributed by atoms with Gasteiger partial charge >= 0.3 is 0 Å². The Morgan fingerprint density at radius 1 is 1.08 bits per heavy atom. The van der Waals surface area contributed by atoms with Gasteiger partial charge in [-0.15, -0.1) is 0 Å². The van der Waals surface area contributed by atoms with Crippen LogP contribution in [-0.2, 0) is 0 Å². The normalized spacial score (nSPS) is 12.6. The molecule has 5 nitrogen and oxygen atoms in total. The number of fused-ring (bicyclic) bond motifs is 1. The first-order chi connectivity index (χ1) is 12.0. The average Bonchev–Trinajstić information content (AvgIpc) is 3.18. The number of pyridine rings is 1. The Hall–Kier alpha value is -3.06. The van der Waals surface area contributed by atoms with Crippen LogP contribution < -0.4 is 0 Å². The minimum atomic E-state index is -1.15. The number of benzene rings is 1. The van der Waals surface area contributed by atoms with Crippen LogP contribution >= 0.6 is 0 Å². The monoisotopic (exact) mass is 340 g/mol. The zero-order chi connectivity index (χ0) is 17.6. The fourth-order valence-electron chi connectivity index (χ4n) is 2.82. The van der Waals surface area contributed by atoms with Crippen LogP contribution in [0.15, 0.2) is 48.8 Å². The molecule has 126 valence electrons. The molecule has 0 saturated heterocycles. The van der Waals surface area contributed by atoms with Crippen molar-refractivity contribution in [2.45, 2.75) is 13.0 Å². The van der Waals surface area contributed by atoms with Gasteiger partial charge in [0.25, 0.3) is 0 Å². The lowest BCUT2D eigenvalue weighted by molar-refractivity contribution is 0.205. The van der Waals surface area contributed by atoms with Gasteiger partial charge in [0.15, 0.2) is 6.10 Å². The van der Waals surface area contributed by atoms with Crippen molar-refractivity contribution in [2.75, 3.05) is 0 Å².